The summed E-state index contributed by atoms with van der Waals surface area (Å²) in [5.74, 6) is 1.37. The van der Waals surface area contributed by atoms with E-state index in [0.29, 0.717) is 34.8 Å². The molecule has 0 heterocycles. The minimum absolute atomic E-state index is 0.473. The van der Waals surface area contributed by atoms with Gasteiger partial charge in [-0.05, 0) is 54.4 Å². The maximum Gasteiger partial charge on any atom is 0.161 e. The zero-order valence-corrected chi connectivity index (χ0v) is 16.9. The Kier molecular flexibility index (Phi) is 7.18. The van der Waals surface area contributed by atoms with Crippen LogP contribution in [0.2, 0.25) is 10.0 Å². The highest BCUT2D eigenvalue weighted by atomic mass is 35.5. The van der Waals surface area contributed by atoms with E-state index in [-0.39, 0.29) is 0 Å². The van der Waals surface area contributed by atoms with Gasteiger partial charge in [-0.2, -0.15) is 5.10 Å². The fourth-order valence-corrected chi connectivity index (χ4v) is 2.77. The van der Waals surface area contributed by atoms with Gasteiger partial charge in [-0.1, -0.05) is 53.5 Å². The van der Waals surface area contributed by atoms with Gasteiger partial charge >= 0.3 is 0 Å². The van der Waals surface area contributed by atoms with Gasteiger partial charge in [0.2, 0.25) is 0 Å². The van der Waals surface area contributed by atoms with Gasteiger partial charge in [0.25, 0.3) is 0 Å². The van der Waals surface area contributed by atoms with E-state index in [1.807, 2.05) is 55.5 Å². The number of anilines is 1. The molecule has 1 N–H and O–H groups in total. The molecule has 3 aromatic rings. The average Bonchev–Trinajstić information content (AvgIpc) is 2.71. The molecule has 0 radical (unpaired) electrons. The lowest BCUT2D eigenvalue weighted by Gasteiger charge is -2.12. The third-order valence-corrected chi connectivity index (χ3v) is 4.57. The number of rotatable bonds is 8. The predicted molar refractivity (Wildman–Crippen MR) is 116 cm³/mol. The summed E-state index contributed by atoms with van der Waals surface area (Å²) in [6, 6.07) is 20.9. The zero-order chi connectivity index (χ0) is 19.8. The van der Waals surface area contributed by atoms with Gasteiger partial charge in [-0.25, -0.2) is 0 Å². The molecule has 144 valence electrons. The second-order valence-corrected chi connectivity index (χ2v) is 6.73. The quantitative estimate of drug-likeness (QED) is 0.341. The van der Waals surface area contributed by atoms with Crippen molar-refractivity contribution in [2.24, 2.45) is 5.10 Å². The first-order valence-electron chi connectivity index (χ1n) is 8.83. The highest BCUT2D eigenvalue weighted by Gasteiger charge is 2.06. The van der Waals surface area contributed by atoms with Crippen LogP contribution in [0.1, 0.15) is 18.1 Å². The van der Waals surface area contributed by atoms with Gasteiger partial charge in [0, 0.05) is 0 Å². The standard InChI is InChI=1S/C22H20Cl2N2O2/c1-2-27-22-12-17(14-25-26-18-9-10-19(23)20(24)13-18)8-11-21(22)28-15-16-6-4-3-5-7-16/h3-14,26H,2,15H2,1H3. The van der Waals surface area contributed by atoms with E-state index in [1.54, 1.807) is 24.4 Å². The van der Waals surface area contributed by atoms with E-state index in [9.17, 15) is 0 Å². The Hall–Kier alpha value is -2.69. The maximum atomic E-state index is 6.00. The number of hydrogen-bond donors (Lipinski definition) is 1. The topological polar surface area (TPSA) is 42.8 Å². The van der Waals surface area contributed by atoms with E-state index in [2.05, 4.69) is 10.5 Å². The Labute approximate surface area is 174 Å². The number of benzene rings is 3. The van der Waals surface area contributed by atoms with Crippen molar-refractivity contribution in [2.45, 2.75) is 13.5 Å². The Morgan fingerprint density at radius 1 is 0.893 bits per heavy atom. The number of hydrogen-bond acceptors (Lipinski definition) is 4. The van der Waals surface area contributed by atoms with Gasteiger partial charge in [0.1, 0.15) is 6.61 Å². The highest BCUT2D eigenvalue weighted by molar-refractivity contribution is 6.42. The van der Waals surface area contributed by atoms with Crippen molar-refractivity contribution >= 4 is 35.1 Å². The summed E-state index contributed by atoms with van der Waals surface area (Å²) in [6.07, 6.45) is 1.70. The first kappa shape index (κ1) is 20.1. The van der Waals surface area contributed by atoms with Crippen molar-refractivity contribution in [1.82, 2.24) is 0 Å². The number of halogens is 2. The highest BCUT2D eigenvalue weighted by Crippen LogP contribution is 2.29. The predicted octanol–water partition coefficient (Wildman–Crippen LogP) is 6.42. The van der Waals surface area contributed by atoms with Crippen molar-refractivity contribution in [2.75, 3.05) is 12.0 Å². The fourth-order valence-electron chi connectivity index (χ4n) is 2.47. The summed E-state index contributed by atoms with van der Waals surface area (Å²) in [7, 11) is 0. The molecule has 4 nitrogen and oxygen atoms in total. The van der Waals surface area contributed by atoms with E-state index >= 15 is 0 Å². The number of ether oxygens (including phenoxy) is 2. The molecule has 0 fully saturated rings. The van der Waals surface area contributed by atoms with E-state index < -0.39 is 0 Å². The molecule has 3 rings (SSSR count). The van der Waals surface area contributed by atoms with Crippen LogP contribution in [0.15, 0.2) is 71.8 Å². The molecule has 0 aromatic heterocycles. The molecule has 0 saturated carbocycles. The van der Waals surface area contributed by atoms with Crippen LogP contribution in [0.25, 0.3) is 0 Å². The molecule has 0 aliphatic rings. The molecule has 0 atom stereocenters. The lowest BCUT2D eigenvalue weighted by molar-refractivity contribution is 0.269. The normalized spacial score (nSPS) is 10.8. The Balaban J connectivity index is 1.67. The van der Waals surface area contributed by atoms with Crippen molar-refractivity contribution < 1.29 is 9.47 Å². The minimum atomic E-state index is 0.473. The van der Waals surface area contributed by atoms with Crippen LogP contribution in [0, 0.1) is 0 Å². The van der Waals surface area contributed by atoms with Crippen LogP contribution in [0.3, 0.4) is 0 Å². The van der Waals surface area contributed by atoms with Crippen LogP contribution in [0.4, 0.5) is 5.69 Å². The Morgan fingerprint density at radius 2 is 1.71 bits per heavy atom. The molecule has 0 aliphatic heterocycles. The monoisotopic (exact) mass is 414 g/mol. The molecule has 0 bridgehead atoms. The lowest BCUT2D eigenvalue weighted by Crippen LogP contribution is -2.00. The fraction of sp³-hybridized carbons (Fsp3) is 0.136. The van der Waals surface area contributed by atoms with Crippen LogP contribution in [-0.4, -0.2) is 12.8 Å². The van der Waals surface area contributed by atoms with Gasteiger partial charge in [-0.15, -0.1) is 0 Å². The van der Waals surface area contributed by atoms with Gasteiger partial charge in [0.05, 0.1) is 28.6 Å². The summed E-state index contributed by atoms with van der Waals surface area (Å²) in [5.41, 5.74) is 5.65. The van der Waals surface area contributed by atoms with E-state index in [0.717, 1.165) is 16.8 Å². The van der Waals surface area contributed by atoms with Crippen molar-refractivity contribution in [3.05, 3.63) is 87.9 Å². The Bertz CT molecular complexity index is 947. The number of nitrogens with zero attached hydrogens (tertiary/aromatic N) is 1. The molecular weight excluding hydrogens is 395 g/mol. The van der Waals surface area contributed by atoms with Crippen molar-refractivity contribution in [3.8, 4) is 11.5 Å². The average molecular weight is 415 g/mol. The largest absolute Gasteiger partial charge is 0.490 e. The summed E-state index contributed by atoms with van der Waals surface area (Å²) in [4.78, 5) is 0. The van der Waals surface area contributed by atoms with Crippen LogP contribution in [-0.2, 0) is 6.61 Å². The van der Waals surface area contributed by atoms with Crippen LogP contribution in [0.5, 0.6) is 11.5 Å². The van der Waals surface area contributed by atoms with Crippen molar-refractivity contribution in [3.63, 3.8) is 0 Å². The first-order valence-corrected chi connectivity index (χ1v) is 9.59. The van der Waals surface area contributed by atoms with Crippen molar-refractivity contribution in [1.29, 1.82) is 0 Å². The molecule has 0 amide bonds. The maximum absolute atomic E-state index is 6.00. The first-order chi connectivity index (χ1) is 13.7. The summed E-state index contributed by atoms with van der Waals surface area (Å²) < 4.78 is 11.6. The summed E-state index contributed by atoms with van der Waals surface area (Å²) >= 11 is 11.9. The molecule has 28 heavy (non-hydrogen) atoms. The van der Waals surface area contributed by atoms with Gasteiger partial charge in [-0.3, -0.25) is 5.43 Å². The molecule has 6 heteroatoms. The minimum Gasteiger partial charge on any atom is -0.490 e. The zero-order valence-electron chi connectivity index (χ0n) is 15.4. The van der Waals surface area contributed by atoms with E-state index in [1.165, 1.54) is 0 Å². The van der Waals surface area contributed by atoms with Gasteiger partial charge < -0.3 is 9.47 Å². The molecule has 0 unspecified atom stereocenters. The van der Waals surface area contributed by atoms with Crippen LogP contribution < -0.4 is 14.9 Å². The van der Waals surface area contributed by atoms with Gasteiger partial charge in [0.15, 0.2) is 11.5 Å². The molecule has 0 saturated heterocycles. The second-order valence-electron chi connectivity index (χ2n) is 5.91. The summed E-state index contributed by atoms with van der Waals surface area (Å²) in [5, 5.41) is 5.21. The molecular formula is C22H20Cl2N2O2. The third kappa shape index (κ3) is 5.65. The smallest absolute Gasteiger partial charge is 0.161 e. The number of nitrogens with one attached hydrogen (secondary N) is 1. The molecule has 0 spiro atoms. The number of hydrazone groups is 1. The molecule has 0 aliphatic carbocycles. The Morgan fingerprint density at radius 3 is 2.46 bits per heavy atom. The SMILES string of the molecule is CCOc1cc(C=NNc2ccc(Cl)c(Cl)c2)ccc1OCc1ccccc1. The third-order valence-electron chi connectivity index (χ3n) is 3.83. The molecule has 3 aromatic carbocycles. The van der Waals surface area contributed by atoms with Crippen LogP contribution >= 0.6 is 23.2 Å². The van der Waals surface area contributed by atoms with E-state index in [4.69, 9.17) is 32.7 Å². The summed E-state index contributed by atoms with van der Waals surface area (Å²) in [6.45, 7) is 2.96. The lowest BCUT2D eigenvalue weighted by atomic mass is 10.2. The second kappa shape index (κ2) is 10.0.